The Kier molecular flexibility index (Phi) is 12.8. The zero-order valence-electron chi connectivity index (χ0n) is 38.3. The Balaban J connectivity index is 0.999. The van der Waals surface area contributed by atoms with Gasteiger partial charge in [0, 0.05) is 0 Å². The molecular formula is C47H76O16. The number of aliphatic hydroxyl groups is 8. The largest absolute Gasteiger partial charge is 0.481 e. The number of fused-ring (bicyclic) bond motifs is 7. The number of aliphatic carboxylic acids is 1. The molecule has 0 unspecified atom stereocenters. The van der Waals surface area contributed by atoms with Crippen molar-refractivity contribution in [3.05, 3.63) is 11.6 Å². The second-order valence-electron chi connectivity index (χ2n) is 23.0. The van der Waals surface area contributed by atoms with Crippen LogP contribution in [-0.4, -0.2) is 157 Å². The summed E-state index contributed by atoms with van der Waals surface area (Å²) in [6.07, 6.45) is -10.3. The van der Waals surface area contributed by atoms with Crippen LogP contribution in [0.5, 0.6) is 0 Å². The van der Waals surface area contributed by atoms with E-state index in [0.29, 0.717) is 18.8 Å². The summed E-state index contributed by atoms with van der Waals surface area (Å²) in [7, 11) is 0. The van der Waals surface area contributed by atoms with E-state index in [2.05, 4.69) is 54.5 Å². The van der Waals surface area contributed by atoms with Gasteiger partial charge in [-0.05, 0) is 116 Å². The number of allylic oxidation sites excluding steroid dienone is 2. The summed E-state index contributed by atoms with van der Waals surface area (Å²) in [6, 6.07) is 0. The lowest BCUT2D eigenvalue weighted by atomic mass is 9.33. The first-order chi connectivity index (χ1) is 29.4. The molecule has 0 aromatic heterocycles. The molecule has 3 heterocycles. The van der Waals surface area contributed by atoms with Crippen molar-refractivity contribution < 1.29 is 79.2 Å². The van der Waals surface area contributed by atoms with Gasteiger partial charge in [0.05, 0.1) is 30.8 Å². The lowest BCUT2D eigenvalue weighted by Gasteiger charge is -2.71. The van der Waals surface area contributed by atoms with Gasteiger partial charge in [-0.15, -0.1) is 0 Å². The fraction of sp³-hybridized carbons (Fsp3) is 0.936. The molecule has 8 rings (SSSR count). The van der Waals surface area contributed by atoms with E-state index in [-0.39, 0.29) is 51.6 Å². The smallest absolute Gasteiger partial charge is 0.310 e. The minimum absolute atomic E-state index is 0.0278. The Morgan fingerprint density at radius 3 is 2.06 bits per heavy atom. The number of carbonyl (C=O) groups is 1. The summed E-state index contributed by atoms with van der Waals surface area (Å²) in [5.41, 5.74) is 0.208. The molecule has 0 spiro atoms. The van der Waals surface area contributed by atoms with Gasteiger partial charge in [0.15, 0.2) is 18.9 Å². The van der Waals surface area contributed by atoms with Crippen LogP contribution in [0.25, 0.3) is 0 Å². The Hall–Kier alpha value is -1.35. The van der Waals surface area contributed by atoms with E-state index in [9.17, 15) is 50.8 Å². The van der Waals surface area contributed by atoms with E-state index in [1.807, 2.05) is 0 Å². The van der Waals surface area contributed by atoms with Gasteiger partial charge in [-0.1, -0.05) is 60.1 Å². The minimum Gasteiger partial charge on any atom is -0.481 e. The third kappa shape index (κ3) is 7.51. The molecule has 4 saturated carbocycles. The summed E-state index contributed by atoms with van der Waals surface area (Å²) in [5, 5.41) is 96.4. The Morgan fingerprint density at radius 1 is 0.714 bits per heavy atom. The van der Waals surface area contributed by atoms with Crippen LogP contribution in [0.4, 0.5) is 0 Å². The van der Waals surface area contributed by atoms with Crippen molar-refractivity contribution in [2.45, 2.75) is 212 Å². The molecular weight excluding hydrogens is 821 g/mol. The number of rotatable bonds is 8. The van der Waals surface area contributed by atoms with Crippen molar-refractivity contribution in [1.82, 2.24) is 0 Å². The fourth-order valence-electron chi connectivity index (χ4n) is 14.8. The van der Waals surface area contributed by atoms with Crippen molar-refractivity contribution in [2.75, 3.05) is 13.2 Å². The first kappa shape index (κ1) is 48.1. The standard InChI is InChI=1S/C47H76O16/c1-22-30(50)36(62-38-34(54)33(53)32(52)26(20-48)60-38)35(55)39(59-22)63-37-31(51)25(49)21-58-40(37)61-29-12-13-44(6)27(43(29,4)5)11-14-46(8)28(44)10-9-23-24-19-42(2,3)15-17-47(24,41(56)57)18-16-45(23,46)7/h9,22,24-40,48-55H,10-21H2,1-8H3,(H,56,57)/t22-,24+,25-,26-,27-,28+,29-,30-,31+,32-,33-,34-,35-,36+,37+,38+,39-,40+,44+,45-,46-,47-/m0/s1. The third-order valence-corrected chi connectivity index (χ3v) is 18.9. The van der Waals surface area contributed by atoms with Gasteiger partial charge in [-0.2, -0.15) is 0 Å². The molecule has 3 saturated heterocycles. The number of ether oxygens (including phenoxy) is 6. The quantitative estimate of drug-likeness (QED) is 0.125. The molecule has 360 valence electrons. The average Bonchev–Trinajstić information content (AvgIpc) is 3.21. The van der Waals surface area contributed by atoms with Gasteiger partial charge in [-0.3, -0.25) is 4.79 Å². The van der Waals surface area contributed by atoms with Crippen molar-refractivity contribution in [3.63, 3.8) is 0 Å². The van der Waals surface area contributed by atoms with E-state index in [4.69, 9.17) is 28.4 Å². The Bertz CT molecular complexity index is 1720. The highest BCUT2D eigenvalue weighted by atomic mass is 16.8. The molecule has 63 heavy (non-hydrogen) atoms. The molecule has 7 fully saturated rings. The van der Waals surface area contributed by atoms with Crippen LogP contribution in [-0.2, 0) is 33.2 Å². The SMILES string of the molecule is C[C@@H]1O[C@@H](O[C@H]2[C@@H](O[C@H]3CC[C@@]4(C)[C@H]5CC=C6[C@H]7CC(C)(C)CC[C@]7(C(=O)O)CC[C@]6(C)[C@@]5(C)CC[C@H]4C3(C)C)OC[C@H](O)[C@H]2O)[C@@H](O)[C@H](O[C@H]2O[C@@H](CO)[C@H](O)[C@H](O)[C@@H]2O)[C@H]1O. The molecule has 0 aromatic rings. The van der Waals surface area contributed by atoms with Crippen molar-refractivity contribution in [3.8, 4) is 0 Å². The van der Waals surface area contributed by atoms with Crippen LogP contribution in [0.1, 0.15) is 120 Å². The monoisotopic (exact) mass is 897 g/mol. The van der Waals surface area contributed by atoms with Crippen LogP contribution >= 0.6 is 0 Å². The van der Waals surface area contributed by atoms with E-state index < -0.39 is 104 Å². The average molecular weight is 897 g/mol. The lowest BCUT2D eigenvalue weighted by molar-refractivity contribution is -0.382. The number of carboxylic acids is 1. The Labute approximate surface area is 371 Å². The molecule has 0 aromatic carbocycles. The predicted molar refractivity (Wildman–Crippen MR) is 223 cm³/mol. The molecule has 8 aliphatic rings. The van der Waals surface area contributed by atoms with Gasteiger partial charge in [0.2, 0.25) is 0 Å². The van der Waals surface area contributed by atoms with Gasteiger partial charge in [0.1, 0.15) is 61.0 Å². The van der Waals surface area contributed by atoms with Crippen molar-refractivity contribution in [2.24, 2.45) is 50.2 Å². The normalized spacial score (nSPS) is 54.1. The number of hydrogen-bond donors (Lipinski definition) is 9. The predicted octanol–water partition coefficient (Wildman–Crippen LogP) is 2.37. The molecule has 9 N–H and O–H groups in total. The molecule has 22 atom stereocenters. The number of carboxylic acid groups (broad SMARTS) is 1. The van der Waals surface area contributed by atoms with E-state index in [1.165, 1.54) is 12.5 Å². The van der Waals surface area contributed by atoms with Gasteiger partial charge in [0.25, 0.3) is 0 Å². The van der Waals surface area contributed by atoms with Crippen molar-refractivity contribution >= 4 is 5.97 Å². The molecule has 3 aliphatic heterocycles. The molecule has 0 bridgehead atoms. The highest BCUT2D eigenvalue weighted by molar-refractivity contribution is 5.76. The summed E-state index contributed by atoms with van der Waals surface area (Å²) < 4.78 is 36.3. The van der Waals surface area contributed by atoms with E-state index in [0.717, 1.165) is 51.4 Å². The summed E-state index contributed by atoms with van der Waals surface area (Å²) in [6.45, 7) is 17.0. The van der Waals surface area contributed by atoms with Crippen LogP contribution in [0.15, 0.2) is 11.6 Å². The maximum absolute atomic E-state index is 13.1. The summed E-state index contributed by atoms with van der Waals surface area (Å²) in [4.78, 5) is 13.1. The lowest BCUT2D eigenvalue weighted by Crippen LogP contribution is -2.66. The van der Waals surface area contributed by atoms with Gasteiger partial charge < -0.3 is 74.4 Å². The van der Waals surface area contributed by atoms with Gasteiger partial charge >= 0.3 is 5.97 Å². The summed E-state index contributed by atoms with van der Waals surface area (Å²) >= 11 is 0. The zero-order valence-corrected chi connectivity index (χ0v) is 38.3. The van der Waals surface area contributed by atoms with Crippen LogP contribution in [0, 0.1) is 50.2 Å². The van der Waals surface area contributed by atoms with Crippen LogP contribution < -0.4 is 0 Å². The Morgan fingerprint density at radius 2 is 1.38 bits per heavy atom. The molecule has 16 heteroatoms. The molecule has 0 amide bonds. The van der Waals surface area contributed by atoms with E-state index >= 15 is 0 Å². The molecule has 0 radical (unpaired) electrons. The summed E-state index contributed by atoms with van der Waals surface area (Å²) in [5.74, 6) is 0.0213. The molecule has 5 aliphatic carbocycles. The van der Waals surface area contributed by atoms with Crippen LogP contribution in [0.3, 0.4) is 0 Å². The highest BCUT2D eigenvalue weighted by Crippen LogP contribution is 2.76. The van der Waals surface area contributed by atoms with Gasteiger partial charge in [-0.25, -0.2) is 0 Å². The molecule has 16 nitrogen and oxygen atoms in total. The third-order valence-electron chi connectivity index (χ3n) is 18.9. The maximum atomic E-state index is 13.1. The maximum Gasteiger partial charge on any atom is 0.310 e. The van der Waals surface area contributed by atoms with Crippen LogP contribution in [0.2, 0.25) is 0 Å². The highest BCUT2D eigenvalue weighted by Gasteiger charge is 2.70. The zero-order chi connectivity index (χ0) is 46.0. The minimum atomic E-state index is -1.80. The van der Waals surface area contributed by atoms with E-state index in [1.54, 1.807) is 0 Å². The fourth-order valence-corrected chi connectivity index (χ4v) is 14.8. The number of hydrogen-bond acceptors (Lipinski definition) is 15. The second kappa shape index (κ2) is 16.7. The first-order valence-corrected chi connectivity index (χ1v) is 23.6. The first-order valence-electron chi connectivity index (χ1n) is 23.6. The number of aliphatic hydroxyl groups excluding tert-OH is 8. The van der Waals surface area contributed by atoms with Crippen molar-refractivity contribution in [1.29, 1.82) is 0 Å². The topological polar surface area (TPSA) is 255 Å². The second-order valence-corrected chi connectivity index (χ2v) is 23.0.